The van der Waals surface area contributed by atoms with Crippen molar-refractivity contribution >= 4 is 5.70 Å². The molecule has 0 aliphatic heterocycles. The van der Waals surface area contributed by atoms with Crippen molar-refractivity contribution in [3.05, 3.63) is 36.2 Å². The minimum Gasteiger partial charge on any atom is -0.381 e. The maximum atomic E-state index is 4.38. The molecule has 0 saturated carbocycles. The van der Waals surface area contributed by atoms with Gasteiger partial charge in [-0.3, -0.25) is 4.98 Å². The Bertz CT molecular complexity index is 365. The quantitative estimate of drug-likeness (QED) is 0.803. The summed E-state index contributed by atoms with van der Waals surface area (Å²) in [5, 5.41) is 3.44. The van der Waals surface area contributed by atoms with Crippen molar-refractivity contribution in [1.82, 2.24) is 10.3 Å². The standard InChI is InChI=1S/C15H24N2/c1-6-14(7-2)17-12(5)15-10-13(11(3)4)8-9-16-15/h8-11,14,17H,5-7H2,1-4H3. The highest BCUT2D eigenvalue weighted by Gasteiger charge is 2.08. The molecule has 0 aromatic carbocycles. The Morgan fingerprint density at radius 3 is 2.53 bits per heavy atom. The van der Waals surface area contributed by atoms with Crippen LogP contribution in [-0.2, 0) is 0 Å². The molecule has 0 unspecified atom stereocenters. The van der Waals surface area contributed by atoms with E-state index in [0.717, 1.165) is 24.2 Å². The molecule has 1 heterocycles. The summed E-state index contributed by atoms with van der Waals surface area (Å²) in [6, 6.07) is 4.69. The molecule has 0 radical (unpaired) electrons. The molecule has 1 aromatic heterocycles. The van der Waals surface area contributed by atoms with Crippen molar-refractivity contribution in [3.63, 3.8) is 0 Å². The molecule has 0 bridgehead atoms. The zero-order valence-corrected chi connectivity index (χ0v) is 11.5. The third kappa shape index (κ3) is 3.88. The van der Waals surface area contributed by atoms with Crippen molar-refractivity contribution in [2.45, 2.75) is 52.5 Å². The van der Waals surface area contributed by atoms with E-state index in [2.05, 4.69) is 56.7 Å². The monoisotopic (exact) mass is 232 g/mol. The van der Waals surface area contributed by atoms with Gasteiger partial charge >= 0.3 is 0 Å². The smallest absolute Gasteiger partial charge is 0.0857 e. The predicted octanol–water partition coefficient (Wildman–Crippen LogP) is 3.95. The molecule has 1 N–H and O–H groups in total. The molecule has 0 spiro atoms. The summed E-state index contributed by atoms with van der Waals surface area (Å²) in [6.07, 6.45) is 4.09. The Morgan fingerprint density at radius 2 is 2.00 bits per heavy atom. The Morgan fingerprint density at radius 1 is 1.35 bits per heavy atom. The number of hydrogen-bond donors (Lipinski definition) is 1. The third-order valence-electron chi connectivity index (χ3n) is 3.12. The van der Waals surface area contributed by atoms with Gasteiger partial charge in [0.05, 0.1) is 11.4 Å². The number of pyridine rings is 1. The summed E-state index contributed by atoms with van der Waals surface area (Å²) in [7, 11) is 0. The van der Waals surface area contributed by atoms with Crippen LogP contribution >= 0.6 is 0 Å². The minimum atomic E-state index is 0.493. The van der Waals surface area contributed by atoms with Crippen LogP contribution < -0.4 is 5.32 Å². The van der Waals surface area contributed by atoms with Gasteiger partial charge < -0.3 is 5.32 Å². The molecule has 0 aliphatic rings. The first-order valence-electron chi connectivity index (χ1n) is 6.50. The second kappa shape index (κ2) is 6.43. The lowest BCUT2D eigenvalue weighted by Gasteiger charge is -2.18. The third-order valence-corrected chi connectivity index (χ3v) is 3.12. The van der Waals surface area contributed by atoms with Gasteiger partial charge in [-0.25, -0.2) is 0 Å². The molecular weight excluding hydrogens is 208 g/mol. The van der Waals surface area contributed by atoms with Crippen molar-refractivity contribution in [2.75, 3.05) is 0 Å². The summed E-state index contributed by atoms with van der Waals surface area (Å²) in [4.78, 5) is 4.38. The molecular formula is C15H24N2. The molecule has 0 amide bonds. The molecule has 0 aliphatic carbocycles. The van der Waals surface area contributed by atoms with Gasteiger partial charge in [0, 0.05) is 12.2 Å². The summed E-state index contributed by atoms with van der Waals surface area (Å²) < 4.78 is 0. The van der Waals surface area contributed by atoms with Crippen LogP contribution in [0.5, 0.6) is 0 Å². The zero-order valence-electron chi connectivity index (χ0n) is 11.5. The first kappa shape index (κ1) is 13.8. The molecule has 0 fully saturated rings. The van der Waals surface area contributed by atoms with Gasteiger partial charge in [-0.2, -0.15) is 0 Å². The number of rotatable bonds is 6. The number of nitrogens with zero attached hydrogens (tertiary/aromatic N) is 1. The van der Waals surface area contributed by atoms with E-state index in [9.17, 15) is 0 Å². The van der Waals surface area contributed by atoms with E-state index in [-0.39, 0.29) is 0 Å². The molecule has 94 valence electrons. The van der Waals surface area contributed by atoms with Crippen molar-refractivity contribution < 1.29 is 0 Å². The van der Waals surface area contributed by atoms with Crippen LogP contribution in [0.25, 0.3) is 5.70 Å². The average Bonchev–Trinajstić information content (AvgIpc) is 2.35. The fourth-order valence-electron chi connectivity index (χ4n) is 1.78. The SMILES string of the molecule is C=C(NC(CC)CC)c1cc(C(C)C)ccn1. The Balaban J connectivity index is 2.78. The Kier molecular flexibility index (Phi) is 5.20. The van der Waals surface area contributed by atoms with Gasteiger partial charge in [-0.15, -0.1) is 0 Å². The van der Waals surface area contributed by atoms with E-state index >= 15 is 0 Å². The summed E-state index contributed by atoms with van der Waals surface area (Å²) >= 11 is 0. The van der Waals surface area contributed by atoms with Gasteiger partial charge in [-0.05, 0) is 36.5 Å². The predicted molar refractivity (Wildman–Crippen MR) is 74.9 cm³/mol. The van der Waals surface area contributed by atoms with Crippen LogP contribution in [0.15, 0.2) is 24.9 Å². The second-order valence-corrected chi connectivity index (χ2v) is 4.77. The molecule has 0 atom stereocenters. The summed E-state index contributed by atoms with van der Waals surface area (Å²) in [5.41, 5.74) is 3.20. The fourth-order valence-corrected chi connectivity index (χ4v) is 1.78. The van der Waals surface area contributed by atoms with E-state index in [0.29, 0.717) is 12.0 Å². The maximum Gasteiger partial charge on any atom is 0.0857 e. The van der Waals surface area contributed by atoms with Crippen LogP contribution in [0.3, 0.4) is 0 Å². The lowest BCUT2D eigenvalue weighted by molar-refractivity contribution is 0.560. The van der Waals surface area contributed by atoms with Crippen LogP contribution in [0.4, 0.5) is 0 Å². The first-order valence-corrected chi connectivity index (χ1v) is 6.50. The highest BCUT2D eigenvalue weighted by Crippen LogP contribution is 2.17. The van der Waals surface area contributed by atoms with Gasteiger partial charge in [0.2, 0.25) is 0 Å². The van der Waals surface area contributed by atoms with Crippen LogP contribution in [0, 0.1) is 0 Å². The van der Waals surface area contributed by atoms with Gasteiger partial charge in [-0.1, -0.05) is 34.3 Å². The van der Waals surface area contributed by atoms with Crippen molar-refractivity contribution in [1.29, 1.82) is 0 Å². The summed E-state index contributed by atoms with van der Waals surface area (Å²) in [6.45, 7) is 12.8. The molecule has 2 nitrogen and oxygen atoms in total. The average molecular weight is 232 g/mol. The highest BCUT2D eigenvalue weighted by atomic mass is 14.9. The number of aromatic nitrogens is 1. The van der Waals surface area contributed by atoms with Gasteiger partial charge in [0.25, 0.3) is 0 Å². The van der Waals surface area contributed by atoms with Gasteiger partial charge in [0.1, 0.15) is 0 Å². The number of nitrogens with one attached hydrogen (secondary N) is 1. The topological polar surface area (TPSA) is 24.9 Å². The lowest BCUT2D eigenvalue weighted by Crippen LogP contribution is -2.26. The molecule has 17 heavy (non-hydrogen) atoms. The Hall–Kier alpha value is -1.31. The highest BCUT2D eigenvalue weighted by molar-refractivity contribution is 5.59. The number of hydrogen-bond acceptors (Lipinski definition) is 2. The van der Waals surface area contributed by atoms with Crippen LogP contribution in [0.1, 0.15) is 57.7 Å². The summed E-state index contributed by atoms with van der Waals surface area (Å²) in [5.74, 6) is 0.526. The van der Waals surface area contributed by atoms with E-state index in [4.69, 9.17) is 0 Å². The second-order valence-electron chi connectivity index (χ2n) is 4.77. The Labute approximate surface area is 105 Å². The van der Waals surface area contributed by atoms with Crippen molar-refractivity contribution in [2.24, 2.45) is 0 Å². The van der Waals surface area contributed by atoms with E-state index < -0.39 is 0 Å². The molecule has 1 aromatic rings. The van der Waals surface area contributed by atoms with Crippen LogP contribution in [0.2, 0.25) is 0 Å². The fraction of sp³-hybridized carbons (Fsp3) is 0.533. The molecule has 0 saturated heterocycles. The lowest BCUT2D eigenvalue weighted by atomic mass is 10.0. The van der Waals surface area contributed by atoms with Crippen molar-refractivity contribution in [3.8, 4) is 0 Å². The van der Waals surface area contributed by atoms with Crippen LogP contribution in [-0.4, -0.2) is 11.0 Å². The zero-order chi connectivity index (χ0) is 12.8. The van der Waals surface area contributed by atoms with E-state index in [1.54, 1.807) is 0 Å². The largest absolute Gasteiger partial charge is 0.381 e. The van der Waals surface area contributed by atoms with E-state index in [1.807, 2.05) is 6.20 Å². The van der Waals surface area contributed by atoms with Gasteiger partial charge in [0.15, 0.2) is 0 Å². The normalized spacial score (nSPS) is 10.9. The minimum absolute atomic E-state index is 0.493. The molecule has 2 heteroatoms. The first-order chi connectivity index (χ1) is 8.08. The van der Waals surface area contributed by atoms with E-state index in [1.165, 1.54) is 5.56 Å². The molecule has 1 rings (SSSR count). The maximum absolute atomic E-state index is 4.38.